The van der Waals surface area contributed by atoms with E-state index in [9.17, 15) is 13.5 Å². The molecule has 0 unspecified atom stereocenters. The van der Waals surface area contributed by atoms with Crippen LogP contribution in [0.2, 0.25) is 0 Å². The number of benzene rings is 2. The minimum Gasteiger partial charge on any atom is -0.858 e. The molecule has 0 radical (unpaired) electrons. The van der Waals surface area contributed by atoms with Crippen molar-refractivity contribution in [2.75, 3.05) is 25.0 Å². The lowest BCUT2D eigenvalue weighted by Gasteiger charge is -2.17. The van der Waals surface area contributed by atoms with Crippen molar-refractivity contribution < 1.29 is 18.3 Å². The minimum atomic E-state index is -3.80. The van der Waals surface area contributed by atoms with Crippen LogP contribution in [0, 0.1) is 0 Å². The fourth-order valence-corrected chi connectivity index (χ4v) is 3.24. The van der Waals surface area contributed by atoms with Crippen molar-refractivity contribution in [1.29, 1.82) is 0 Å². The molecule has 8 heteroatoms. The molecular weight excluding hydrogens is 396 g/mol. The summed E-state index contributed by atoms with van der Waals surface area (Å²) in [4.78, 5) is 3.96. The van der Waals surface area contributed by atoms with Gasteiger partial charge in [-0.3, -0.25) is 9.71 Å². The second-order valence-corrected chi connectivity index (χ2v) is 7.38. The first-order valence-corrected chi connectivity index (χ1v) is 9.30. The van der Waals surface area contributed by atoms with Crippen LogP contribution in [0.4, 0.5) is 5.69 Å². The van der Waals surface area contributed by atoms with Crippen LogP contribution >= 0.6 is 15.9 Å². The molecule has 0 bridgehead atoms. The van der Waals surface area contributed by atoms with E-state index in [1.165, 1.54) is 31.4 Å². The number of halogens is 1. The number of methoxy groups -OCH3 is 1. The smallest absolute Gasteiger partial charge is 0.261 e. The van der Waals surface area contributed by atoms with Crippen LogP contribution in [0.15, 0.2) is 62.9 Å². The van der Waals surface area contributed by atoms with Gasteiger partial charge in [0.1, 0.15) is 0 Å². The van der Waals surface area contributed by atoms with E-state index < -0.39 is 15.9 Å². The van der Waals surface area contributed by atoms with Gasteiger partial charge < -0.3 is 9.84 Å². The van der Waals surface area contributed by atoms with Crippen LogP contribution in [-0.4, -0.2) is 34.6 Å². The van der Waals surface area contributed by atoms with Crippen molar-refractivity contribution in [2.24, 2.45) is 4.99 Å². The predicted octanol–water partition coefficient (Wildman–Crippen LogP) is 2.00. The lowest BCUT2D eigenvalue weighted by molar-refractivity contribution is -0.213. The molecule has 0 saturated heterocycles. The summed E-state index contributed by atoms with van der Waals surface area (Å²) in [5, 5.41) is 12.1. The molecule has 0 aromatic heterocycles. The Labute approximate surface area is 149 Å². The second kappa shape index (κ2) is 8.27. The standard InChI is InChI=1S/C16H17BrN2O4S/c1-23-11-10-18-16(20)14-4-2-3-5-15(14)19-24(21,22)13-8-6-12(17)7-9-13/h2-9,19H,10-11H2,1H3,(H,18,20)/p-1. The Balaban J connectivity index is 2.30. The molecule has 2 aromatic rings. The Kier molecular flexibility index (Phi) is 6.36. The highest BCUT2D eigenvalue weighted by molar-refractivity contribution is 9.10. The number of para-hydroxylation sites is 1. The van der Waals surface area contributed by atoms with E-state index in [2.05, 4.69) is 25.6 Å². The van der Waals surface area contributed by atoms with Gasteiger partial charge in [0.15, 0.2) is 0 Å². The molecule has 0 heterocycles. The summed E-state index contributed by atoms with van der Waals surface area (Å²) in [5.41, 5.74) is 0.376. The monoisotopic (exact) mass is 411 g/mol. The van der Waals surface area contributed by atoms with E-state index in [4.69, 9.17) is 4.74 Å². The first-order valence-electron chi connectivity index (χ1n) is 7.02. The molecule has 1 N–H and O–H groups in total. The largest absolute Gasteiger partial charge is 0.858 e. The van der Waals surface area contributed by atoms with Crippen LogP contribution in [0.3, 0.4) is 0 Å². The summed E-state index contributed by atoms with van der Waals surface area (Å²) >= 11 is 3.26. The Hall–Kier alpha value is -1.90. The van der Waals surface area contributed by atoms with Crippen molar-refractivity contribution >= 4 is 37.5 Å². The molecule has 128 valence electrons. The summed E-state index contributed by atoms with van der Waals surface area (Å²) in [6.07, 6.45) is 0. The minimum absolute atomic E-state index is 0.101. The average molecular weight is 412 g/mol. The van der Waals surface area contributed by atoms with E-state index in [0.29, 0.717) is 6.61 Å². The number of anilines is 1. The number of nitrogens with zero attached hydrogens (tertiary/aromatic N) is 1. The quantitative estimate of drug-likeness (QED) is 0.428. The van der Waals surface area contributed by atoms with Gasteiger partial charge in [0.05, 0.1) is 23.7 Å². The zero-order valence-electron chi connectivity index (χ0n) is 12.9. The van der Waals surface area contributed by atoms with Crippen molar-refractivity contribution in [1.82, 2.24) is 0 Å². The van der Waals surface area contributed by atoms with E-state index in [0.717, 1.165) is 4.47 Å². The molecule has 6 nitrogen and oxygen atoms in total. The Morgan fingerprint density at radius 3 is 2.54 bits per heavy atom. The summed E-state index contributed by atoms with van der Waals surface area (Å²) < 4.78 is 33.0. The maximum atomic E-state index is 12.5. The van der Waals surface area contributed by atoms with Gasteiger partial charge in [-0.1, -0.05) is 34.1 Å². The summed E-state index contributed by atoms with van der Waals surface area (Å²) in [6, 6.07) is 12.5. The normalized spacial score (nSPS) is 12.2. The maximum Gasteiger partial charge on any atom is 0.261 e. The molecule has 0 aliphatic carbocycles. The van der Waals surface area contributed by atoms with Crippen molar-refractivity contribution in [3.05, 3.63) is 58.6 Å². The first kappa shape index (κ1) is 18.4. The van der Waals surface area contributed by atoms with Crippen LogP contribution in [0.5, 0.6) is 0 Å². The molecule has 0 aliphatic heterocycles. The topological polar surface area (TPSA) is 90.8 Å². The molecule has 24 heavy (non-hydrogen) atoms. The number of ether oxygens (including phenoxy) is 1. The van der Waals surface area contributed by atoms with Crippen molar-refractivity contribution in [2.45, 2.75) is 4.90 Å². The molecular formula is C16H16BrN2O4S-. The van der Waals surface area contributed by atoms with Gasteiger partial charge in [-0.2, -0.15) is 0 Å². The number of nitrogens with one attached hydrogen (secondary N) is 1. The van der Waals surface area contributed by atoms with Gasteiger partial charge in [0.25, 0.3) is 10.0 Å². The SMILES string of the molecule is COCCN=C([O-])c1ccccc1NS(=O)(=O)c1ccc(Br)cc1. The zero-order chi connectivity index (χ0) is 17.6. The Morgan fingerprint density at radius 2 is 1.88 bits per heavy atom. The Morgan fingerprint density at radius 1 is 1.21 bits per heavy atom. The predicted molar refractivity (Wildman–Crippen MR) is 94.7 cm³/mol. The molecule has 2 aromatic carbocycles. The van der Waals surface area contributed by atoms with Crippen molar-refractivity contribution in [3.8, 4) is 0 Å². The third-order valence-corrected chi connectivity index (χ3v) is 4.99. The lowest BCUT2D eigenvalue weighted by Crippen LogP contribution is -2.23. The first-order chi connectivity index (χ1) is 11.4. The van der Waals surface area contributed by atoms with E-state index in [1.54, 1.807) is 24.3 Å². The molecule has 0 saturated carbocycles. The third-order valence-electron chi connectivity index (χ3n) is 3.08. The fraction of sp³-hybridized carbons (Fsp3) is 0.188. The fourth-order valence-electron chi connectivity index (χ4n) is 1.90. The third kappa shape index (κ3) is 4.80. The molecule has 0 fully saturated rings. The maximum absolute atomic E-state index is 12.5. The molecule has 2 rings (SSSR count). The molecule has 0 atom stereocenters. The molecule has 0 spiro atoms. The van der Waals surface area contributed by atoms with Gasteiger partial charge in [0.2, 0.25) is 0 Å². The van der Waals surface area contributed by atoms with E-state index in [-0.39, 0.29) is 22.7 Å². The Bertz CT molecular complexity index is 820. The van der Waals surface area contributed by atoms with Crippen LogP contribution in [-0.2, 0) is 14.8 Å². The lowest BCUT2D eigenvalue weighted by atomic mass is 10.2. The van der Waals surface area contributed by atoms with Crippen LogP contribution in [0.1, 0.15) is 5.56 Å². The van der Waals surface area contributed by atoms with E-state index >= 15 is 0 Å². The summed E-state index contributed by atoms with van der Waals surface area (Å²) in [7, 11) is -2.29. The van der Waals surface area contributed by atoms with Gasteiger partial charge in [-0.15, -0.1) is 0 Å². The summed E-state index contributed by atoms with van der Waals surface area (Å²) in [6.45, 7) is 0.529. The van der Waals surface area contributed by atoms with Gasteiger partial charge in [-0.25, -0.2) is 8.42 Å². The molecule has 0 aliphatic rings. The number of sulfonamides is 1. The molecule has 0 amide bonds. The zero-order valence-corrected chi connectivity index (χ0v) is 15.3. The number of hydrogen-bond acceptors (Lipinski definition) is 5. The number of aliphatic imine (C=N–C) groups is 1. The highest BCUT2D eigenvalue weighted by atomic mass is 79.9. The summed E-state index contributed by atoms with van der Waals surface area (Å²) in [5.74, 6) is -0.499. The second-order valence-electron chi connectivity index (χ2n) is 4.78. The number of rotatable bonds is 7. The highest BCUT2D eigenvalue weighted by Gasteiger charge is 2.15. The van der Waals surface area contributed by atoms with Gasteiger partial charge in [0, 0.05) is 17.1 Å². The van der Waals surface area contributed by atoms with Crippen LogP contribution in [0.25, 0.3) is 0 Å². The van der Waals surface area contributed by atoms with E-state index in [1.807, 2.05) is 0 Å². The van der Waals surface area contributed by atoms with Crippen LogP contribution < -0.4 is 9.83 Å². The highest BCUT2D eigenvalue weighted by Crippen LogP contribution is 2.21. The number of hydrogen-bond donors (Lipinski definition) is 1. The van der Waals surface area contributed by atoms with Crippen molar-refractivity contribution in [3.63, 3.8) is 0 Å². The van der Waals surface area contributed by atoms with Gasteiger partial charge in [-0.05, 0) is 36.2 Å². The van der Waals surface area contributed by atoms with Gasteiger partial charge >= 0.3 is 0 Å². The average Bonchev–Trinajstić information content (AvgIpc) is 2.55.